The van der Waals surface area contributed by atoms with Crippen LogP contribution < -0.4 is 5.32 Å². The summed E-state index contributed by atoms with van der Waals surface area (Å²) in [5, 5.41) is 12.9. The highest BCUT2D eigenvalue weighted by Gasteiger charge is 2.15. The van der Waals surface area contributed by atoms with Crippen molar-refractivity contribution < 1.29 is 4.79 Å². The first kappa shape index (κ1) is 16.3. The van der Waals surface area contributed by atoms with Crippen molar-refractivity contribution in [2.45, 2.75) is 43.9 Å². The molecule has 1 aliphatic heterocycles. The lowest BCUT2D eigenvalue weighted by molar-refractivity contribution is -0.118. The molecule has 0 bridgehead atoms. The first-order valence-electron chi connectivity index (χ1n) is 7.78. The van der Waals surface area contributed by atoms with Crippen molar-refractivity contribution in [3.05, 3.63) is 40.7 Å². The number of nitrogens with one attached hydrogen (secondary N) is 1. The van der Waals surface area contributed by atoms with Crippen molar-refractivity contribution in [2.75, 3.05) is 5.75 Å². The Kier molecular flexibility index (Phi) is 5.56. The van der Waals surface area contributed by atoms with E-state index in [0.29, 0.717) is 17.3 Å². The zero-order valence-corrected chi connectivity index (χ0v) is 14.4. The number of carbonyl (C=O) groups excluding carboxylic acids is 1. The van der Waals surface area contributed by atoms with Crippen molar-refractivity contribution in [1.82, 2.24) is 20.1 Å². The fourth-order valence-corrected chi connectivity index (χ4v) is 3.49. The predicted molar refractivity (Wildman–Crippen MR) is 91.6 cm³/mol. The zero-order valence-electron chi connectivity index (χ0n) is 12.8. The molecule has 0 aliphatic carbocycles. The minimum absolute atomic E-state index is 0.00378. The van der Waals surface area contributed by atoms with E-state index in [9.17, 15) is 4.79 Å². The second-order valence-corrected chi connectivity index (χ2v) is 6.93. The molecule has 1 aliphatic rings. The maximum atomic E-state index is 12.0. The molecule has 7 heteroatoms. The van der Waals surface area contributed by atoms with Gasteiger partial charge in [-0.2, -0.15) is 0 Å². The Hall–Kier alpha value is -1.53. The van der Waals surface area contributed by atoms with Gasteiger partial charge in [-0.3, -0.25) is 4.79 Å². The Balaban J connectivity index is 1.49. The number of thioether (sulfide) groups is 1. The van der Waals surface area contributed by atoms with Gasteiger partial charge in [0.2, 0.25) is 5.91 Å². The Morgan fingerprint density at radius 2 is 2.04 bits per heavy atom. The van der Waals surface area contributed by atoms with Gasteiger partial charge in [-0.1, -0.05) is 41.9 Å². The highest BCUT2D eigenvalue weighted by atomic mass is 35.5. The molecule has 5 nitrogen and oxygen atoms in total. The van der Waals surface area contributed by atoms with Crippen LogP contribution in [-0.2, 0) is 24.3 Å². The topological polar surface area (TPSA) is 59.8 Å². The van der Waals surface area contributed by atoms with Crippen LogP contribution in [0.5, 0.6) is 0 Å². The third-order valence-corrected chi connectivity index (χ3v) is 5.03. The van der Waals surface area contributed by atoms with E-state index in [0.717, 1.165) is 35.9 Å². The van der Waals surface area contributed by atoms with Gasteiger partial charge in [0.25, 0.3) is 0 Å². The minimum atomic E-state index is -0.00378. The van der Waals surface area contributed by atoms with Crippen LogP contribution in [-0.4, -0.2) is 26.4 Å². The van der Waals surface area contributed by atoms with Crippen LogP contribution in [0.25, 0.3) is 0 Å². The van der Waals surface area contributed by atoms with E-state index in [1.807, 2.05) is 24.3 Å². The molecule has 0 radical (unpaired) electrons. The largest absolute Gasteiger partial charge is 0.351 e. The second-order valence-electron chi connectivity index (χ2n) is 5.55. The lowest BCUT2D eigenvalue weighted by Crippen LogP contribution is -2.24. The lowest BCUT2D eigenvalue weighted by Gasteiger charge is -2.07. The number of rotatable bonds is 5. The molecule has 3 rings (SSSR count). The first-order chi connectivity index (χ1) is 11.2. The van der Waals surface area contributed by atoms with E-state index >= 15 is 0 Å². The summed E-state index contributed by atoms with van der Waals surface area (Å²) in [6, 6.07) is 7.47. The molecular formula is C16H19ClN4OS. The second kappa shape index (κ2) is 7.84. The summed E-state index contributed by atoms with van der Waals surface area (Å²) >= 11 is 7.30. The van der Waals surface area contributed by atoms with Crippen molar-refractivity contribution in [3.63, 3.8) is 0 Å². The summed E-state index contributed by atoms with van der Waals surface area (Å²) in [6.07, 6.45) is 4.54. The Labute approximate surface area is 144 Å². The summed E-state index contributed by atoms with van der Waals surface area (Å²) < 4.78 is 2.16. The van der Waals surface area contributed by atoms with Gasteiger partial charge in [0.05, 0.1) is 5.75 Å². The third kappa shape index (κ3) is 4.48. The van der Waals surface area contributed by atoms with Gasteiger partial charge >= 0.3 is 0 Å². The van der Waals surface area contributed by atoms with Crippen LogP contribution in [0.3, 0.4) is 0 Å². The summed E-state index contributed by atoms with van der Waals surface area (Å²) in [5.41, 5.74) is 1.03. The maximum Gasteiger partial charge on any atom is 0.230 e. The molecule has 2 aromatic rings. The van der Waals surface area contributed by atoms with Crippen molar-refractivity contribution >= 4 is 29.3 Å². The summed E-state index contributed by atoms with van der Waals surface area (Å²) in [7, 11) is 0. The fourth-order valence-electron chi connectivity index (χ4n) is 2.55. The maximum absolute atomic E-state index is 12.0. The number of fused-ring (bicyclic) bond motifs is 1. The molecule has 0 saturated heterocycles. The molecule has 0 spiro atoms. The molecule has 1 aromatic heterocycles. The number of carbonyl (C=O) groups is 1. The van der Waals surface area contributed by atoms with Crippen molar-refractivity contribution in [2.24, 2.45) is 0 Å². The van der Waals surface area contributed by atoms with Crippen LogP contribution in [0.1, 0.15) is 30.7 Å². The number of hydrogen-bond acceptors (Lipinski definition) is 4. The van der Waals surface area contributed by atoms with E-state index in [-0.39, 0.29) is 5.91 Å². The molecule has 0 saturated carbocycles. The molecule has 122 valence electrons. The van der Waals surface area contributed by atoms with Gasteiger partial charge < -0.3 is 9.88 Å². The third-order valence-electron chi connectivity index (χ3n) is 3.81. The quantitative estimate of drug-likeness (QED) is 0.842. The summed E-state index contributed by atoms with van der Waals surface area (Å²) in [4.78, 5) is 12.0. The molecular weight excluding hydrogens is 332 g/mol. The summed E-state index contributed by atoms with van der Waals surface area (Å²) in [5.74, 6) is 1.40. The monoisotopic (exact) mass is 350 g/mol. The van der Waals surface area contributed by atoms with Crippen LogP contribution in [0.4, 0.5) is 0 Å². The van der Waals surface area contributed by atoms with Crippen molar-refractivity contribution in [3.8, 4) is 0 Å². The van der Waals surface area contributed by atoms with E-state index in [2.05, 4.69) is 20.1 Å². The number of aromatic nitrogens is 3. The zero-order chi connectivity index (χ0) is 16.1. The Morgan fingerprint density at radius 1 is 1.22 bits per heavy atom. The number of nitrogens with zero attached hydrogens (tertiary/aromatic N) is 3. The van der Waals surface area contributed by atoms with Crippen LogP contribution in [0, 0.1) is 0 Å². The Bertz CT molecular complexity index is 671. The van der Waals surface area contributed by atoms with Gasteiger partial charge in [0.1, 0.15) is 5.82 Å². The van der Waals surface area contributed by atoms with Gasteiger partial charge in [-0.15, -0.1) is 10.2 Å². The predicted octanol–water partition coefficient (Wildman–Crippen LogP) is 3.07. The average molecular weight is 351 g/mol. The van der Waals surface area contributed by atoms with Gasteiger partial charge in [0, 0.05) is 24.5 Å². The van der Waals surface area contributed by atoms with E-state index in [1.165, 1.54) is 24.6 Å². The lowest BCUT2D eigenvalue weighted by atomic mass is 10.2. The van der Waals surface area contributed by atoms with Gasteiger partial charge in [-0.05, 0) is 30.5 Å². The molecule has 0 fully saturated rings. The van der Waals surface area contributed by atoms with Crippen LogP contribution in [0.15, 0.2) is 29.4 Å². The smallest absolute Gasteiger partial charge is 0.230 e. The van der Waals surface area contributed by atoms with Gasteiger partial charge in [0.15, 0.2) is 5.16 Å². The molecule has 2 heterocycles. The number of halogens is 1. The van der Waals surface area contributed by atoms with Gasteiger partial charge in [-0.25, -0.2) is 0 Å². The minimum Gasteiger partial charge on any atom is -0.351 e. The number of benzene rings is 1. The van der Waals surface area contributed by atoms with Crippen LogP contribution >= 0.6 is 23.4 Å². The molecule has 1 aromatic carbocycles. The van der Waals surface area contributed by atoms with Crippen LogP contribution in [0.2, 0.25) is 5.02 Å². The van der Waals surface area contributed by atoms with E-state index < -0.39 is 0 Å². The number of amides is 1. The standard InChI is InChI=1S/C16H19ClN4OS/c17-13-7-5-12(6-8-13)10-18-15(22)11-23-16-20-19-14-4-2-1-3-9-21(14)16/h5-8H,1-4,9-11H2,(H,18,22). The molecule has 0 atom stereocenters. The molecule has 23 heavy (non-hydrogen) atoms. The highest BCUT2D eigenvalue weighted by Crippen LogP contribution is 2.21. The average Bonchev–Trinajstić information content (AvgIpc) is 2.79. The molecule has 1 N–H and O–H groups in total. The SMILES string of the molecule is O=C(CSc1nnc2n1CCCCC2)NCc1ccc(Cl)cc1. The van der Waals surface area contributed by atoms with E-state index in [1.54, 1.807) is 0 Å². The summed E-state index contributed by atoms with van der Waals surface area (Å²) in [6.45, 7) is 1.46. The molecule has 0 unspecified atom stereocenters. The Morgan fingerprint density at radius 3 is 2.87 bits per heavy atom. The normalized spacial score (nSPS) is 14.1. The number of aryl methyl sites for hydroxylation is 1. The molecule has 1 amide bonds. The number of hydrogen-bond donors (Lipinski definition) is 1. The van der Waals surface area contributed by atoms with E-state index in [4.69, 9.17) is 11.6 Å². The first-order valence-corrected chi connectivity index (χ1v) is 9.15. The fraction of sp³-hybridized carbons (Fsp3) is 0.438. The highest BCUT2D eigenvalue weighted by molar-refractivity contribution is 7.99. The van der Waals surface area contributed by atoms with Crippen molar-refractivity contribution in [1.29, 1.82) is 0 Å².